The molecule has 6 heteroatoms. The van der Waals surface area contributed by atoms with Gasteiger partial charge in [-0.1, -0.05) is 44.4 Å². The highest BCUT2D eigenvalue weighted by atomic mass is 16.5. The Morgan fingerprint density at radius 3 is 2.66 bits per heavy atom. The highest BCUT2D eigenvalue weighted by Gasteiger charge is 2.47. The minimum atomic E-state index is -0.998. The number of aryl methyl sites for hydroxylation is 1. The number of aromatic hydroxyl groups is 1. The Labute approximate surface area is 246 Å². The number of rotatable bonds is 8. The van der Waals surface area contributed by atoms with E-state index in [1.54, 1.807) is 13.2 Å². The molecule has 5 rings (SSSR count). The molecule has 1 aromatic rings. The number of carbonyl (C=O) groups is 2. The van der Waals surface area contributed by atoms with Gasteiger partial charge in [0, 0.05) is 31.2 Å². The SMILES string of the molecule is CCCCC[C@@H]1C#C[C@]2(CC[C@H](CC[C@H]3CN[C@@H]4CC(=O)CC[C@H]4C3)C[C@H]2O)C(=O)CCc2cc(OC)c(O)cc21. The second-order valence-electron chi connectivity index (χ2n) is 13.3. The summed E-state index contributed by atoms with van der Waals surface area (Å²) >= 11 is 0. The maximum Gasteiger partial charge on any atom is 0.160 e. The minimum absolute atomic E-state index is 0.0533. The minimum Gasteiger partial charge on any atom is -0.504 e. The van der Waals surface area contributed by atoms with Crippen LogP contribution in [-0.2, 0) is 16.0 Å². The van der Waals surface area contributed by atoms with Gasteiger partial charge in [0.15, 0.2) is 17.3 Å². The predicted octanol–water partition coefficient (Wildman–Crippen LogP) is 5.86. The van der Waals surface area contributed by atoms with E-state index >= 15 is 0 Å². The summed E-state index contributed by atoms with van der Waals surface area (Å²) in [5.41, 5.74) is 1.00. The molecule has 0 radical (unpaired) electrons. The first-order chi connectivity index (χ1) is 19.8. The number of aliphatic hydroxyl groups excluding tert-OH is 1. The lowest BCUT2D eigenvalue weighted by atomic mass is 9.64. The van der Waals surface area contributed by atoms with Gasteiger partial charge in [0.2, 0.25) is 0 Å². The average Bonchev–Trinajstić information content (AvgIpc) is 3.02. The number of nitrogens with one attached hydrogen (secondary N) is 1. The fourth-order valence-electron chi connectivity index (χ4n) is 8.06. The highest BCUT2D eigenvalue weighted by Crippen LogP contribution is 2.45. The van der Waals surface area contributed by atoms with Gasteiger partial charge in [-0.05, 0) is 98.9 Å². The molecule has 0 amide bonds. The zero-order valence-corrected chi connectivity index (χ0v) is 25.1. The smallest absolute Gasteiger partial charge is 0.160 e. The maximum atomic E-state index is 13.8. The number of unbranched alkanes of at least 4 members (excludes halogenated alkanes) is 2. The van der Waals surface area contributed by atoms with E-state index in [1.165, 1.54) is 6.42 Å². The molecule has 1 heterocycles. The van der Waals surface area contributed by atoms with Crippen LogP contribution in [0.5, 0.6) is 11.5 Å². The number of fused-ring (bicyclic) bond motifs is 2. The summed E-state index contributed by atoms with van der Waals surface area (Å²) in [6.45, 7) is 3.17. The van der Waals surface area contributed by atoms with E-state index in [-0.39, 0.29) is 17.5 Å². The number of Topliss-reactive ketones (excluding diaryl/α,β-unsaturated/α-hetero) is 2. The third-order valence-corrected chi connectivity index (χ3v) is 10.7. The van der Waals surface area contributed by atoms with E-state index in [1.807, 2.05) is 6.07 Å². The third kappa shape index (κ3) is 6.67. The van der Waals surface area contributed by atoms with Gasteiger partial charge >= 0.3 is 0 Å². The second-order valence-corrected chi connectivity index (χ2v) is 13.3. The fraction of sp³-hybridized carbons (Fsp3) is 0.714. The number of ether oxygens (including phenoxy) is 1. The van der Waals surface area contributed by atoms with Crippen LogP contribution in [0.4, 0.5) is 0 Å². The van der Waals surface area contributed by atoms with Crippen molar-refractivity contribution < 1.29 is 24.5 Å². The number of carbonyl (C=O) groups excluding carboxylic acids is 2. The van der Waals surface area contributed by atoms with E-state index < -0.39 is 11.5 Å². The molecule has 3 aliphatic carbocycles. The molecule has 1 spiro atoms. The molecule has 0 unspecified atom stereocenters. The fourth-order valence-corrected chi connectivity index (χ4v) is 8.06. The van der Waals surface area contributed by atoms with Crippen molar-refractivity contribution in [3.63, 3.8) is 0 Å². The first-order valence-electron chi connectivity index (χ1n) is 16.2. The molecule has 7 atom stereocenters. The maximum absolute atomic E-state index is 13.8. The molecule has 41 heavy (non-hydrogen) atoms. The van der Waals surface area contributed by atoms with Gasteiger partial charge < -0.3 is 20.3 Å². The van der Waals surface area contributed by atoms with Crippen molar-refractivity contribution in [3.8, 4) is 23.3 Å². The Kier molecular flexibility index (Phi) is 9.77. The van der Waals surface area contributed by atoms with Crippen molar-refractivity contribution in [2.75, 3.05) is 13.7 Å². The third-order valence-electron chi connectivity index (χ3n) is 10.7. The lowest BCUT2D eigenvalue weighted by molar-refractivity contribution is -0.134. The van der Waals surface area contributed by atoms with Crippen molar-refractivity contribution in [1.29, 1.82) is 0 Å². The van der Waals surface area contributed by atoms with Gasteiger partial charge in [0.05, 0.1) is 13.2 Å². The predicted molar refractivity (Wildman–Crippen MR) is 160 cm³/mol. The number of aliphatic hydroxyl groups is 1. The summed E-state index contributed by atoms with van der Waals surface area (Å²) < 4.78 is 5.38. The summed E-state index contributed by atoms with van der Waals surface area (Å²) in [6.07, 6.45) is 12.3. The topological polar surface area (TPSA) is 95.9 Å². The molecule has 1 aliphatic heterocycles. The van der Waals surface area contributed by atoms with Gasteiger partial charge in [0.25, 0.3) is 0 Å². The zero-order chi connectivity index (χ0) is 29.0. The molecule has 3 fully saturated rings. The van der Waals surface area contributed by atoms with E-state index in [0.717, 1.165) is 75.5 Å². The van der Waals surface area contributed by atoms with Gasteiger partial charge in [-0.2, -0.15) is 0 Å². The molecule has 4 aliphatic rings. The average molecular weight is 564 g/mol. The highest BCUT2D eigenvalue weighted by molar-refractivity contribution is 5.89. The normalized spacial score (nSPS) is 33.5. The summed E-state index contributed by atoms with van der Waals surface area (Å²) in [4.78, 5) is 25.6. The first-order valence-corrected chi connectivity index (χ1v) is 16.2. The number of methoxy groups -OCH3 is 1. The van der Waals surface area contributed by atoms with Gasteiger partial charge in [-0.3, -0.25) is 9.59 Å². The Hall–Kier alpha value is -2.36. The van der Waals surface area contributed by atoms with Gasteiger partial charge in [0.1, 0.15) is 11.2 Å². The quantitative estimate of drug-likeness (QED) is 0.271. The number of piperidine rings is 1. The van der Waals surface area contributed by atoms with Crippen LogP contribution < -0.4 is 10.1 Å². The van der Waals surface area contributed by atoms with E-state index in [9.17, 15) is 19.8 Å². The molecule has 0 bridgehead atoms. The molecule has 0 aromatic heterocycles. The van der Waals surface area contributed by atoms with Crippen LogP contribution in [0, 0.1) is 35.0 Å². The zero-order valence-electron chi connectivity index (χ0n) is 25.1. The molecule has 2 saturated carbocycles. The van der Waals surface area contributed by atoms with E-state index in [4.69, 9.17) is 4.74 Å². The number of hydrogen-bond donors (Lipinski definition) is 3. The van der Waals surface area contributed by atoms with Crippen LogP contribution in [0.2, 0.25) is 0 Å². The summed E-state index contributed by atoms with van der Waals surface area (Å²) in [7, 11) is 1.55. The van der Waals surface area contributed by atoms with Crippen molar-refractivity contribution in [1.82, 2.24) is 5.32 Å². The molecular weight excluding hydrogens is 514 g/mol. The molecule has 6 nitrogen and oxygen atoms in total. The Bertz CT molecular complexity index is 1170. The van der Waals surface area contributed by atoms with Crippen LogP contribution in [-0.4, -0.2) is 47.6 Å². The Morgan fingerprint density at radius 2 is 1.88 bits per heavy atom. The van der Waals surface area contributed by atoms with Crippen molar-refractivity contribution >= 4 is 11.6 Å². The van der Waals surface area contributed by atoms with Crippen LogP contribution >= 0.6 is 0 Å². The molecule has 1 saturated heterocycles. The molecular formula is C35H49NO5. The van der Waals surface area contributed by atoms with Crippen LogP contribution in [0.1, 0.15) is 114 Å². The summed E-state index contributed by atoms with van der Waals surface area (Å²) in [5.74, 6) is 9.43. The van der Waals surface area contributed by atoms with E-state index in [0.29, 0.717) is 67.4 Å². The largest absolute Gasteiger partial charge is 0.504 e. The summed E-state index contributed by atoms with van der Waals surface area (Å²) in [5, 5.41) is 25.8. The van der Waals surface area contributed by atoms with Crippen LogP contribution in [0.25, 0.3) is 0 Å². The Morgan fingerprint density at radius 1 is 1.05 bits per heavy atom. The number of ketones is 2. The second kappa shape index (κ2) is 13.3. The molecule has 1 aromatic carbocycles. The van der Waals surface area contributed by atoms with Crippen molar-refractivity contribution in [2.24, 2.45) is 23.2 Å². The van der Waals surface area contributed by atoms with Crippen LogP contribution in [0.3, 0.4) is 0 Å². The van der Waals surface area contributed by atoms with Crippen molar-refractivity contribution in [2.45, 2.75) is 121 Å². The molecule has 3 N–H and O–H groups in total. The number of phenols is 1. The van der Waals surface area contributed by atoms with Crippen molar-refractivity contribution in [3.05, 3.63) is 23.3 Å². The van der Waals surface area contributed by atoms with Crippen LogP contribution in [0.15, 0.2) is 12.1 Å². The van der Waals surface area contributed by atoms with E-state index in [2.05, 4.69) is 24.1 Å². The number of phenolic OH excluding ortho intramolecular Hbond substituents is 1. The number of benzene rings is 1. The number of hydrogen-bond acceptors (Lipinski definition) is 6. The monoisotopic (exact) mass is 563 g/mol. The molecule has 224 valence electrons. The summed E-state index contributed by atoms with van der Waals surface area (Å²) in [6, 6.07) is 4.02. The first kappa shape index (κ1) is 30.1. The van der Waals surface area contributed by atoms with Gasteiger partial charge in [-0.15, -0.1) is 0 Å². The van der Waals surface area contributed by atoms with Gasteiger partial charge in [-0.25, -0.2) is 0 Å². The lowest BCUT2D eigenvalue weighted by Crippen LogP contribution is -2.49. The standard InChI is InChI=1S/C35H49NO5/c1-3-4-5-6-25-14-16-35(33(39)12-10-26-19-32(41-2)31(38)21-29(25)26)15-13-23(18-34(35)40)7-8-24-17-27-9-11-28(37)20-30(27)36-22-24/h19,21,23-25,27,30,34,36,38,40H,3-13,15,17-18,20,22H2,1-2H3/t23-,24+,25+,27-,30+,34+,35+/m0/s1. The Balaban J connectivity index is 1.27. The lowest BCUT2D eigenvalue weighted by Gasteiger charge is -2.42.